The van der Waals surface area contributed by atoms with Crippen molar-refractivity contribution in [2.24, 2.45) is 5.14 Å². The van der Waals surface area contributed by atoms with Crippen LogP contribution in [0, 0.1) is 0 Å². The fourth-order valence-electron chi connectivity index (χ4n) is 2.63. The summed E-state index contributed by atoms with van der Waals surface area (Å²) < 4.78 is 28.6. The van der Waals surface area contributed by atoms with Crippen LogP contribution in [0.5, 0.6) is 5.75 Å². The van der Waals surface area contributed by atoms with Crippen LogP contribution in [0.4, 0.5) is 5.69 Å². The zero-order valence-corrected chi connectivity index (χ0v) is 15.4. The predicted octanol–water partition coefficient (Wildman–Crippen LogP) is 3.26. The van der Waals surface area contributed by atoms with Gasteiger partial charge in [0.05, 0.1) is 12.0 Å². The van der Waals surface area contributed by atoms with E-state index in [9.17, 15) is 13.2 Å². The Bertz CT molecular complexity index is 1060. The number of anilines is 1. The second-order valence-electron chi connectivity index (χ2n) is 5.80. The minimum absolute atomic E-state index is 0.0421. The van der Waals surface area contributed by atoms with Crippen molar-refractivity contribution in [3.05, 3.63) is 78.4 Å². The van der Waals surface area contributed by atoms with Gasteiger partial charge in [0.2, 0.25) is 10.0 Å². The van der Waals surface area contributed by atoms with Crippen LogP contribution in [-0.4, -0.2) is 21.4 Å². The standard InChI is InChI=1S/C20H18N2O4S/c1-26-17-12-10-16(11-13-17)22-20(23)15-8-6-14(7-9-15)18-4-2-3-5-19(18)27(21,24)25/h2-13H,1H3,(H,22,23)(H2,21,24,25). The maximum atomic E-state index is 12.4. The molecule has 0 unspecified atom stereocenters. The van der Waals surface area contributed by atoms with Crippen LogP contribution in [-0.2, 0) is 10.0 Å². The molecule has 3 aromatic rings. The molecule has 0 spiro atoms. The molecule has 3 rings (SSSR count). The number of nitrogens with two attached hydrogens (primary N) is 1. The zero-order valence-electron chi connectivity index (χ0n) is 14.5. The highest BCUT2D eigenvalue weighted by atomic mass is 32.2. The van der Waals surface area contributed by atoms with E-state index in [1.807, 2.05) is 0 Å². The van der Waals surface area contributed by atoms with E-state index in [0.29, 0.717) is 28.1 Å². The minimum Gasteiger partial charge on any atom is -0.497 e. The Morgan fingerprint density at radius 1 is 0.926 bits per heavy atom. The molecule has 0 aliphatic heterocycles. The van der Waals surface area contributed by atoms with Gasteiger partial charge in [-0.1, -0.05) is 30.3 Å². The van der Waals surface area contributed by atoms with E-state index >= 15 is 0 Å². The van der Waals surface area contributed by atoms with Crippen LogP contribution in [0.1, 0.15) is 10.4 Å². The van der Waals surface area contributed by atoms with Crippen molar-refractivity contribution in [3.63, 3.8) is 0 Å². The number of sulfonamides is 1. The fourth-order valence-corrected chi connectivity index (χ4v) is 3.39. The van der Waals surface area contributed by atoms with Gasteiger partial charge in [-0.15, -0.1) is 0 Å². The summed E-state index contributed by atoms with van der Waals surface area (Å²) in [5.41, 5.74) is 2.23. The van der Waals surface area contributed by atoms with Crippen molar-refractivity contribution in [1.29, 1.82) is 0 Å². The molecule has 0 bridgehead atoms. The van der Waals surface area contributed by atoms with Crippen molar-refractivity contribution >= 4 is 21.6 Å². The van der Waals surface area contributed by atoms with Gasteiger partial charge in [-0.05, 0) is 48.0 Å². The summed E-state index contributed by atoms with van der Waals surface area (Å²) in [6, 6.07) is 20.1. The Morgan fingerprint density at radius 2 is 1.56 bits per heavy atom. The average molecular weight is 382 g/mol. The summed E-state index contributed by atoms with van der Waals surface area (Å²) in [5.74, 6) is 0.428. The molecule has 0 saturated carbocycles. The number of hydrogen-bond acceptors (Lipinski definition) is 4. The molecular formula is C20H18N2O4S. The number of primary sulfonamides is 1. The number of benzene rings is 3. The third-order valence-corrected chi connectivity index (χ3v) is 4.97. The molecule has 0 heterocycles. The average Bonchev–Trinajstić information content (AvgIpc) is 2.68. The van der Waals surface area contributed by atoms with Gasteiger partial charge in [0.1, 0.15) is 5.75 Å². The Morgan fingerprint density at radius 3 is 2.15 bits per heavy atom. The molecule has 0 atom stereocenters. The quantitative estimate of drug-likeness (QED) is 0.707. The lowest BCUT2D eigenvalue weighted by Gasteiger charge is -2.09. The zero-order chi connectivity index (χ0) is 19.4. The van der Waals surface area contributed by atoms with E-state index in [4.69, 9.17) is 9.88 Å². The number of rotatable bonds is 5. The van der Waals surface area contributed by atoms with E-state index in [1.165, 1.54) is 6.07 Å². The van der Waals surface area contributed by atoms with E-state index in [1.54, 1.807) is 73.8 Å². The number of amides is 1. The molecule has 27 heavy (non-hydrogen) atoms. The van der Waals surface area contributed by atoms with Gasteiger partial charge in [-0.3, -0.25) is 4.79 Å². The van der Waals surface area contributed by atoms with Gasteiger partial charge in [0, 0.05) is 16.8 Å². The minimum atomic E-state index is -3.84. The third-order valence-electron chi connectivity index (χ3n) is 4.00. The number of hydrogen-bond donors (Lipinski definition) is 2. The molecule has 6 nitrogen and oxygen atoms in total. The number of carbonyl (C=O) groups is 1. The summed E-state index contributed by atoms with van der Waals surface area (Å²) in [7, 11) is -2.27. The van der Waals surface area contributed by atoms with E-state index < -0.39 is 10.0 Å². The molecule has 3 N–H and O–H groups in total. The SMILES string of the molecule is COc1ccc(NC(=O)c2ccc(-c3ccccc3S(N)(=O)=O)cc2)cc1. The lowest BCUT2D eigenvalue weighted by Crippen LogP contribution is -2.13. The normalized spacial score (nSPS) is 11.0. The number of methoxy groups -OCH3 is 1. The van der Waals surface area contributed by atoms with Crippen LogP contribution >= 0.6 is 0 Å². The van der Waals surface area contributed by atoms with Crippen molar-refractivity contribution in [1.82, 2.24) is 0 Å². The predicted molar refractivity (Wildman–Crippen MR) is 104 cm³/mol. The highest BCUT2D eigenvalue weighted by molar-refractivity contribution is 7.89. The van der Waals surface area contributed by atoms with Crippen LogP contribution in [0.25, 0.3) is 11.1 Å². The fraction of sp³-hybridized carbons (Fsp3) is 0.0500. The Balaban J connectivity index is 1.82. The molecule has 7 heteroatoms. The monoisotopic (exact) mass is 382 g/mol. The Hall–Kier alpha value is -3.16. The van der Waals surface area contributed by atoms with Crippen molar-refractivity contribution in [2.75, 3.05) is 12.4 Å². The van der Waals surface area contributed by atoms with Gasteiger partial charge in [-0.2, -0.15) is 0 Å². The molecular weight excluding hydrogens is 364 g/mol. The highest BCUT2D eigenvalue weighted by Gasteiger charge is 2.15. The summed E-state index contributed by atoms with van der Waals surface area (Å²) in [4.78, 5) is 12.4. The first kappa shape index (κ1) is 18.6. The smallest absolute Gasteiger partial charge is 0.255 e. The van der Waals surface area contributed by atoms with Crippen LogP contribution < -0.4 is 15.2 Å². The molecule has 1 amide bonds. The van der Waals surface area contributed by atoms with Crippen molar-refractivity contribution in [3.8, 4) is 16.9 Å². The number of nitrogens with one attached hydrogen (secondary N) is 1. The molecule has 0 fully saturated rings. The largest absolute Gasteiger partial charge is 0.497 e. The molecule has 3 aromatic carbocycles. The molecule has 0 aliphatic carbocycles. The topological polar surface area (TPSA) is 98.5 Å². The van der Waals surface area contributed by atoms with Crippen LogP contribution in [0.2, 0.25) is 0 Å². The summed E-state index contributed by atoms with van der Waals surface area (Å²) in [5, 5.41) is 8.07. The number of carbonyl (C=O) groups excluding carboxylic acids is 1. The first-order valence-corrected chi connectivity index (χ1v) is 9.61. The maximum absolute atomic E-state index is 12.4. The molecule has 0 saturated heterocycles. The second-order valence-corrected chi connectivity index (χ2v) is 7.33. The Kier molecular flexibility index (Phi) is 5.25. The van der Waals surface area contributed by atoms with Gasteiger partial charge in [0.25, 0.3) is 5.91 Å². The molecule has 0 radical (unpaired) electrons. The maximum Gasteiger partial charge on any atom is 0.255 e. The lowest BCUT2D eigenvalue weighted by molar-refractivity contribution is 0.102. The summed E-state index contributed by atoms with van der Waals surface area (Å²) >= 11 is 0. The van der Waals surface area contributed by atoms with Gasteiger partial charge >= 0.3 is 0 Å². The lowest BCUT2D eigenvalue weighted by atomic mass is 10.0. The van der Waals surface area contributed by atoms with Gasteiger partial charge in [0.15, 0.2) is 0 Å². The highest BCUT2D eigenvalue weighted by Crippen LogP contribution is 2.27. The van der Waals surface area contributed by atoms with Crippen molar-refractivity contribution < 1.29 is 17.9 Å². The second kappa shape index (κ2) is 7.61. The third kappa shape index (κ3) is 4.33. The summed E-state index contributed by atoms with van der Waals surface area (Å²) in [6.45, 7) is 0. The van der Waals surface area contributed by atoms with Crippen molar-refractivity contribution in [2.45, 2.75) is 4.90 Å². The Labute approximate surface area is 157 Å². The van der Waals surface area contributed by atoms with E-state index in [0.717, 1.165) is 0 Å². The summed E-state index contributed by atoms with van der Waals surface area (Å²) in [6.07, 6.45) is 0. The number of ether oxygens (including phenoxy) is 1. The van der Waals surface area contributed by atoms with Crippen LogP contribution in [0.3, 0.4) is 0 Å². The van der Waals surface area contributed by atoms with E-state index in [-0.39, 0.29) is 10.8 Å². The van der Waals surface area contributed by atoms with E-state index in [2.05, 4.69) is 5.32 Å². The van der Waals surface area contributed by atoms with Crippen LogP contribution in [0.15, 0.2) is 77.7 Å². The molecule has 0 aromatic heterocycles. The first-order valence-electron chi connectivity index (χ1n) is 8.06. The van der Waals surface area contributed by atoms with Gasteiger partial charge in [-0.25, -0.2) is 13.6 Å². The van der Waals surface area contributed by atoms with Gasteiger partial charge < -0.3 is 10.1 Å². The molecule has 0 aliphatic rings. The first-order chi connectivity index (χ1) is 12.9. The molecule has 138 valence electrons.